The summed E-state index contributed by atoms with van der Waals surface area (Å²) < 4.78 is 0. The topological polar surface area (TPSA) is 90.8 Å². The zero-order valence-electron chi connectivity index (χ0n) is 4.74. The second kappa shape index (κ2) is 3.76. The Morgan fingerprint density at radius 3 is 2.20 bits per heavy atom. The molecule has 0 spiro atoms. The monoisotopic (exact) mass is 162 g/mol. The zero-order valence-corrected chi connectivity index (χ0v) is 5.50. The first kappa shape index (κ1) is 8.81. The number of Topliss-reactive ketones (excluding diaryl/α,β-unsaturated/α-hetero) is 1. The van der Waals surface area contributed by atoms with E-state index in [1.54, 1.807) is 0 Å². The number of nitrogens with zero attached hydrogens (tertiary/aromatic N) is 2. The van der Waals surface area contributed by atoms with Crippen molar-refractivity contribution in [2.45, 2.75) is 0 Å². The van der Waals surface area contributed by atoms with E-state index in [1.165, 1.54) is 0 Å². The average molecular weight is 163 g/mol. The Kier molecular flexibility index (Phi) is 3.32. The number of rotatable bonds is 3. The Hall–Kier alpha value is -1.19. The highest BCUT2D eigenvalue weighted by atomic mass is 35.5. The molecule has 0 saturated carbocycles. The van der Waals surface area contributed by atoms with Gasteiger partial charge in [0.2, 0.25) is 0 Å². The molecule has 5 nitrogen and oxygen atoms in total. The van der Waals surface area contributed by atoms with E-state index in [2.05, 4.69) is 4.79 Å². The number of carbonyl (C=O) groups excluding carboxylic acids is 1. The molecule has 0 aromatic carbocycles. The molecule has 54 valence electrons. The molecule has 0 aliphatic rings. The van der Waals surface area contributed by atoms with Gasteiger partial charge in [0.25, 0.3) is 5.78 Å². The lowest BCUT2D eigenvalue weighted by Crippen LogP contribution is -2.25. The molecule has 0 aliphatic carbocycles. The largest absolute Gasteiger partial charge is 0.472 e. The summed E-state index contributed by atoms with van der Waals surface area (Å²) in [7, 11) is 0. The van der Waals surface area contributed by atoms with E-state index in [4.69, 9.17) is 22.2 Å². The summed E-state index contributed by atoms with van der Waals surface area (Å²) in [5.74, 6) is -3.02. The Balaban J connectivity index is 4.56. The molecule has 0 atom stereocenters. The minimum absolute atomic E-state index is 0.508. The van der Waals surface area contributed by atoms with Gasteiger partial charge in [0.15, 0.2) is 0 Å². The molecule has 10 heavy (non-hydrogen) atoms. The molecule has 0 fully saturated rings. The normalized spacial score (nSPS) is 8.10. The third kappa shape index (κ3) is 1.97. The number of carboxylic acid groups (broad SMARTS) is 1. The molecule has 0 aromatic heterocycles. The summed E-state index contributed by atoms with van der Waals surface area (Å²) in [5.41, 5.74) is 6.98. The minimum Gasteiger partial charge on any atom is -0.472 e. The quantitative estimate of drug-likeness (QED) is 0.200. The van der Waals surface area contributed by atoms with Gasteiger partial charge < -0.3 is 10.6 Å². The second-order valence-electron chi connectivity index (χ2n) is 1.31. The minimum atomic E-state index is -1.59. The number of ketones is 1. The predicted molar refractivity (Wildman–Crippen MR) is 32.0 cm³/mol. The molecule has 0 saturated heterocycles. The molecule has 0 heterocycles. The highest BCUT2D eigenvalue weighted by molar-refractivity contribution is 6.65. The lowest BCUT2D eigenvalue weighted by atomic mass is 10.3. The van der Waals surface area contributed by atoms with Gasteiger partial charge in [0.05, 0.1) is 5.88 Å². The fourth-order valence-corrected chi connectivity index (χ4v) is 0.408. The van der Waals surface area contributed by atoms with Crippen LogP contribution in [0.3, 0.4) is 0 Å². The first-order valence-corrected chi connectivity index (χ1v) is 2.71. The van der Waals surface area contributed by atoms with Crippen molar-refractivity contribution >= 4 is 29.1 Å². The van der Waals surface area contributed by atoms with Crippen LogP contribution < -0.4 is 0 Å². The van der Waals surface area contributed by atoms with Crippen molar-refractivity contribution in [1.82, 2.24) is 0 Å². The summed E-state index contributed by atoms with van der Waals surface area (Å²) >= 11 is 4.96. The number of carbonyl (C=O) groups is 2. The molecule has 0 radical (unpaired) electrons. The van der Waals surface area contributed by atoms with Crippen LogP contribution in [0.25, 0.3) is 5.53 Å². The Morgan fingerprint density at radius 2 is 2.10 bits per heavy atom. The molecule has 0 rings (SSSR count). The number of carboxylic acids is 1. The van der Waals surface area contributed by atoms with Crippen LogP contribution in [0.5, 0.6) is 0 Å². The van der Waals surface area contributed by atoms with Crippen molar-refractivity contribution in [3.63, 3.8) is 0 Å². The van der Waals surface area contributed by atoms with Gasteiger partial charge in [-0.1, -0.05) is 0 Å². The maximum absolute atomic E-state index is 10.4. The lowest BCUT2D eigenvalue weighted by molar-refractivity contribution is -0.136. The van der Waals surface area contributed by atoms with Gasteiger partial charge in [-0.05, 0) is 0 Å². The first-order chi connectivity index (χ1) is 4.63. The maximum atomic E-state index is 10.4. The van der Waals surface area contributed by atoms with Gasteiger partial charge in [0.1, 0.15) is 0 Å². The van der Waals surface area contributed by atoms with E-state index >= 15 is 0 Å². The zero-order chi connectivity index (χ0) is 8.15. The fourth-order valence-electron chi connectivity index (χ4n) is 0.281. The van der Waals surface area contributed by atoms with E-state index in [1.807, 2.05) is 0 Å². The molecule has 6 heteroatoms. The molecular formula is C4H3ClN2O3. The standard InChI is InChI=1S/C4H3ClN2O3/c5-1-2(8)3(7-6)4(9)10/h1H2,(H,9,10). The number of hydrogen-bond acceptors (Lipinski definition) is 2. The summed E-state index contributed by atoms with van der Waals surface area (Å²) in [5, 5.41) is 8.10. The summed E-state index contributed by atoms with van der Waals surface area (Å²) in [6, 6.07) is 0. The van der Waals surface area contributed by atoms with Gasteiger partial charge >= 0.3 is 11.7 Å². The van der Waals surface area contributed by atoms with E-state index < -0.39 is 23.3 Å². The number of aliphatic carboxylic acids is 1. The van der Waals surface area contributed by atoms with E-state index in [-0.39, 0.29) is 0 Å². The SMILES string of the molecule is [N-]=[N+]=C(C(=O)O)C(=O)CCl. The average Bonchev–Trinajstić information content (AvgIpc) is 1.88. The smallest absolute Gasteiger partial charge is 0.442 e. The van der Waals surface area contributed by atoms with E-state index in [9.17, 15) is 9.59 Å². The second-order valence-corrected chi connectivity index (χ2v) is 1.58. The maximum Gasteiger partial charge on any atom is 0.442 e. The number of halogens is 1. The van der Waals surface area contributed by atoms with Crippen LogP contribution in [0.2, 0.25) is 0 Å². The third-order valence-corrected chi connectivity index (χ3v) is 0.931. The lowest BCUT2D eigenvalue weighted by Gasteiger charge is -1.81. The van der Waals surface area contributed by atoms with Crippen LogP contribution in [0.15, 0.2) is 0 Å². The van der Waals surface area contributed by atoms with Crippen LogP contribution in [-0.2, 0) is 9.59 Å². The van der Waals surface area contributed by atoms with Crippen molar-refractivity contribution in [3.8, 4) is 0 Å². The number of hydrogen-bond donors (Lipinski definition) is 1. The van der Waals surface area contributed by atoms with Gasteiger partial charge in [-0.3, -0.25) is 4.79 Å². The molecule has 0 amide bonds. The Labute approximate surface area is 60.8 Å². The van der Waals surface area contributed by atoms with Gasteiger partial charge in [-0.25, -0.2) is 4.79 Å². The highest BCUT2D eigenvalue weighted by Gasteiger charge is 2.27. The van der Waals surface area contributed by atoms with Crippen LogP contribution in [0.1, 0.15) is 0 Å². The van der Waals surface area contributed by atoms with Crippen molar-refractivity contribution < 1.29 is 19.5 Å². The molecule has 0 aliphatic heterocycles. The van der Waals surface area contributed by atoms with Gasteiger partial charge in [-0.2, -0.15) is 4.79 Å². The first-order valence-electron chi connectivity index (χ1n) is 2.18. The molecule has 0 unspecified atom stereocenters. The van der Waals surface area contributed by atoms with Crippen LogP contribution >= 0.6 is 11.6 Å². The van der Waals surface area contributed by atoms with Crippen molar-refractivity contribution in [3.05, 3.63) is 5.53 Å². The summed E-state index contributed by atoms with van der Waals surface area (Å²) in [6.45, 7) is 0. The van der Waals surface area contributed by atoms with Crippen molar-refractivity contribution in [2.24, 2.45) is 0 Å². The summed E-state index contributed by atoms with van der Waals surface area (Å²) in [4.78, 5) is 22.6. The third-order valence-electron chi connectivity index (χ3n) is 0.688. The van der Waals surface area contributed by atoms with E-state index in [0.29, 0.717) is 0 Å². The van der Waals surface area contributed by atoms with Crippen LogP contribution in [0, 0.1) is 0 Å². The van der Waals surface area contributed by atoms with Gasteiger partial charge in [-0.15, -0.1) is 11.6 Å². The van der Waals surface area contributed by atoms with Crippen molar-refractivity contribution in [2.75, 3.05) is 5.88 Å². The molecule has 1 N–H and O–H groups in total. The molecular weight excluding hydrogens is 160 g/mol. The van der Waals surface area contributed by atoms with Crippen LogP contribution in [-0.4, -0.2) is 33.2 Å². The Bertz CT molecular complexity index is 219. The van der Waals surface area contributed by atoms with Crippen LogP contribution in [0.4, 0.5) is 0 Å². The van der Waals surface area contributed by atoms with Crippen molar-refractivity contribution in [1.29, 1.82) is 0 Å². The number of alkyl halides is 1. The fraction of sp³-hybridized carbons (Fsp3) is 0.250. The highest BCUT2D eigenvalue weighted by Crippen LogP contribution is 1.81. The Morgan fingerprint density at radius 1 is 1.60 bits per heavy atom. The summed E-state index contributed by atoms with van der Waals surface area (Å²) in [6.07, 6.45) is 0. The molecule has 0 bridgehead atoms. The van der Waals surface area contributed by atoms with E-state index in [0.717, 1.165) is 0 Å². The van der Waals surface area contributed by atoms with Gasteiger partial charge in [0, 0.05) is 0 Å². The molecule has 0 aromatic rings. The predicted octanol–water partition coefficient (Wildman–Crippen LogP) is -0.450.